The maximum Gasteiger partial charge on any atom is 1.00 e. The zero-order valence-corrected chi connectivity index (χ0v) is 10.3. The Balaban J connectivity index is 0.00000144. The van der Waals surface area contributed by atoms with E-state index in [1.807, 2.05) is 18.7 Å². The topological polar surface area (TPSA) is 52.1 Å². The predicted molar refractivity (Wildman–Crippen MR) is 45.0 cm³/mol. The smallest absolute Gasteiger partial charge is 0.844 e. The Morgan fingerprint density at radius 2 is 2.00 bits per heavy atom. The molecule has 0 aliphatic heterocycles. The zero-order chi connectivity index (χ0) is 8.97. The molecular weight excluding hydrogens is 177 g/mol. The van der Waals surface area contributed by atoms with Crippen LogP contribution < -0.4 is 39.6 Å². The standard InChI is InChI=1S/C8H13N3O.Na/c1-3-11(4-2)7-5-6-9-8(12)10-7;/h5-6H,3-4H2,1-2H3,(H,9,10,12);/q;+1/p-1. The minimum Gasteiger partial charge on any atom is -0.844 e. The van der Waals surface area contributed by atoms with Gasteiger partial charge in [-0.2, -0.15) is 0 Å². The van der Waals surface area contributed by atoms with E-state index in [0.717, 1.165) is 13.1 Å². The second kappa shape index (κ2) is 6.18. The Morgan fingerprint density at radius 3 is 2.46 bits per heavy atom. The van der Waals surface area contributed by atoms with E-state index >= 15 is 0 Å². The molecule has 5 heteroatoms. The number of hydrogen-bond acceptors (Lipinski definition) is 4. The summed E-state index contributed by atoms with van der Waals surface area (Å²) in [5.41, 5.74) is 0. The fourth-order valence-electron chi connectivity index (χ4n) is 1.06. The molecule has 0 aromatic carbocycles. The number of aromatic nitrogens is 2. The van der Waals surface area contributed by atoms with Crippen LogP contribution in [-0.2, 0) is 0 Å². The van der Waals surface area contributed by atoms with Crippen molar-refractivity contribution in [2.75, 3.05) is 18.0 Å². The molecule has 0 spiro atoms. The summed E-state index contributed by atoms with van der Waals surface area (Å²) < 4.78 is 0. The summed E-state index contributed by atoms with van der Waals surface area (Å²) in [6.45, 7) is 5.76. The Bertz CT molecular complexity index is 253. The first-order valence-electron chi connectivity index (χ1n) is 4.03. The van der Waals surface area contributed by atoms with Crippen LogP contribution >= 0.6 is 0 Å². The van der Waals surface area contributed by atoms with Gasteiger partial charge in [-0.1, -0.05) is 0 Å². The van der Waals surface area contributed by atoms with Gasteiger partial charge < -0.3 is 10.0 Å². The molecule has 4 nitrogen and oxygen atoms in total. The molecule has 66 valence electrons. The minimum atomic E-state index is -0.417. The number of rotatable bonds is 3. The molecule has 1 heterocycles. The first-order chi connectivity index (χ1) is 5.77. The summed E-state index contributed by atoms with van der Waals surface area (Å²) in [5.74, 6) is 0.708. The number of hydrogen-bond donors (Lipinski definition) is 0. The SMILES string of the molecule is CCN(CC)c1ccnc([O-])n1.[Na+]. The number of nitrogens with zero attached hydrogens (tertiary/aromatic N) is 3. The van der Waals surface area contributed by atoms with E-state index in [0.29, 0.717) is 5.82 Å². The van der Waals surface area contributed by atoms with Crippen LogP contribution in [0.5, 0.6) is 6.01 Å². The van der Waals surface area contributed by atoms with E-state index in [4.69, 9.17) is 0 Å². The van der Waals surface area contributed by atoms with Gasteiger partial charge in [0, 0.05) is 19.3 Å². The quantitative estimate of drug-likeness (QED) is 0.489. The largest absolute Gasteiger partial charge is 1.00 e. The minimum absolute atomic E-state index is 0. The maximum atomic E-state index is 10.8. The van der Waals surface area contributed by atoms with Crippen LogP contribution in [0.2, 0.25) is 0 Å². The van der Waals surface area contributed by atoms with Crippen molar-refractivity contribution in [1.82, 2.24) is 9.97 Å². The van der Waals surface area contributed by atoms with Crippen molar-refractivity contribution in [3.05, 3.63) is 12.3 Å². The van der Waals surface area contributed by atoms with Gasteiger partial charge >= 0.3 is 29.6 Å². The average molecular weight is 189 g/mol. The molecular formula is C8H12N3NaO. The zero-order valence-electron chi connectivity index (χ0n) is 8.32. The molecule has 0 aliphatic carbocycles. The Labute approximate surface area is 100 Å². The van der Waals surface area contributed by atoms with Crippen LogP contribution in [-0.4, -0.2) is 23.1 Å². The van der Waals surface area contributed by atoms with Crippen LogP contribution in [0.4, 0.5) is 5.82 Å². The van der Waals surface area contributed by atoms with Crippen LogP contribution in [0.15, 0.2) is 12.3 Å². The fraction of sp³-hybridized carbons (Fsp3) is 0.500. The third kappa shape index (κ3) is 3.50. The second-order valence-electron chi connectivity index (χ2n) is 2.37. The Kier molecular flexibility index (Phi) is 6.03. The summed E-state index contributed by atoms with van der Waals surface area (Å²) in [7, 11) is 0. The Hall–Kier alpha value is -0.320. The first kappa shape index (κ1) is 12.7. The van der Waals surface area contributed by atoms with Crippen LogP contribution in [0.25, 0.3) is 0 Å². The van der Waals surface area contributed by atoms with Crippen molar-refractivity contribution in [2.45, 2.75) is 13.8 Å². The molecule has 0 amide bonds. The number of anilines is 1. The molecule has 0 fully saturated rings. The summed E-state index contributed by atoms with van der Waals surface area (Å²) in [4.78, 5) is 9.27. The van der Waals surface area contributed by atoms with E-state index in [2.05, 4.69) is 9.97 Å². The average Bonchev–Trinajstić information content (AvgIpc) is 2.07. The van der Waals surface area contributed by atoms with Crippen molar-refractivity contribution in [1.29, 1.82) is 0 Å². The molecule has 1 aromatic heterocycles. The van der Waals surface area contributed by atoms with Gasteiger partial charge in [0.05, 0.1) is 6.01 Å². The molecule has 0 saturated heterocycles. The van der Waals surface area contributed by atoms with Gasteiger partial charge in [0.15, 0.2) is 0 Å². The molecule has 0 aliphatic rings. The maximum absolute atomic E-state index is 10.8. The van der Waals surface area contributed by atoms with Gasteiger partial charge in [-0.3, -0.25) is 4.98 Å². The molecule has 0 N–H and O–H groups in total. The van der Waals surface area contributed by atoms with Gasteiger partial charge in [-0.15, -0.1) is 0 Å². The normalized spacial score (nSPS) is 9.08. The van der Waals surface area contributed by atoms with E-state index in [1.165, 1.54) is 6.20 Å². The second-order valence-corrected chi connectivity index (χ2v) is 2.37. The van der Waals surface area contributed by atoms with Crippen LogP contribution in [0, 0.1) is 0 Å². The van der Waals surface area contributed by atoms with Gasteiger partial charge in [0.25, 0.3) is 0 Å². The molecule has 1 aromatic rings. The van der Waals surface area contributed by atoms with Crippen molar-refractivity contribution in [3.8, 4) is 6.01 Å². The summed E-state index contributed by atoms with van der Waals surface area (Å²) in [6.07, 6.45) is 1.49. The Morgan fingerprint density at radius 1 is 1.38 bits per heavy atom. The van der Waals surface area contributed by atoms with Gasteiger partial charge in [0.2, 0.25) is 0 Å². The van der Waals surface area contributed by atoms with Crippen molar-refractivity contribution in [3.63, 3.8) is 0 Å². The van der Waals surface area contributed by atoms with Crippen LogP contribution in [0.3, 0.4) is 0 Å². The fourth-order valence-corrected chi connectivity index (χ4v) is 1.06. The van der Waals surface area contributed by atoms with Gasteiger partial charge in [0.1, 0.15) is 5.82 Å². The molecule has 1 rings (SSSR count). The molecule has 0 saturated carbocycles. The summed E-state index contributed by atoms with van der Waals surface area (Å²) >= 11 is 0. The van der Waals surface area contributed by atoms with E-state index in [-0.39, 0.29) is 29.6 Å². The monoisotopic (exact) mass is 189 g/mol. The first-order valence-corrected chi connectivity index (χ1v) is 4.03. The van der Waals surface area contributed by atoms with Crippen molar-refractivity contribution in [2.24, 2.45) is 0 Å². The van der Waals surface area contributed by atoms with Gasteiger partial charge in [-0.05, 0) is 19.9 Å². The van der Waals surface area contributed by atoms with Crippen LogP contribution in [0.1, 0.15) is 13.8 Å². The summed E-state index contributed by atoms with van der Waals surface area (Å²) in [6, 6.07) is 1.33. The predicted octanol–water partition coefficient (Wildman–Crippen LogP) is -2.60. The van der Waals surface area contributed by atoms with E-state index in [1.54, 1.807) is 6.07 Å². The third-order valence-corrected chi connectivity index (χ3v) is 1.71. The molecule has 0 radical (unpaired) electrons. The molecule has 0 unspecified atom stereocenters. The third-order valence-electron chi connectivity index (χ3n) is 1.71. The van der Waals surface area contributed by atoms with Gasteiger partial charge in [-0.25, -0.2) is 4.98 Å². The molecule has 0 bridgehead atoms. The van der Waals surface area contributed by atoms with Crippen molar-refractivity contribution >= 4 is 5.82 Å². The summed E-state index contributed by atoms with van der Waals surface area (Å²) in [5, 5.41) is 10.8. The van der Waals surface area contributed by atoms with E-state index in [9.17, 15) is 5.11 Å². The molecule has 13 heavy (non-hydrogen) atoms. The molecule has 0 atom stereocenters. The van der Waals surface area contributed by atoms with E-state index < -0.39 is 6.01 Å². The van der Waals surface area contributed by atoms with Crippen molar-refractivity contribution < 1.29 is 34.7 Å².